The maximum absolute atomic E-state index is 7.03. The van der Waals surface area contributed by atoms with E-state index >= 15 is 0 Å². The van der Waals surface area contributed by atoms with Gasteiger partial charge in [0.15, 0.2) is 17.5 Å². The Morgan fingerprint density at radius 3 is 1.01 bits per heavy atom. The molecule has 0 unspecified atom stereocenters. The van der Waals surface area contributed by atoms with Gasteiger partial charge in [0.05, 0.1) is 16.7 Å². The van der Waals surface area contributed by atoms with Crippen LogP contribution in [0.3, 0.4) is 0 Å². The summed E-state index contributed by atoms with van der Waals surface area (Å²) < 4.78 is 21.1. The van der Waals surface area contributed by atoms with Crippen LogP contribution in [0, 0.1) is 0 Å². The van der Waals surface area contributed by atoms with Crippen LogP contribution >= 0.6 is 0 Å². The molecule has 12 aromatic carbocycles. The molecular weight excluding hydrogens is 847 g/mol. The quantitative estimate of drug-likeness (QED) is 0.176. The zero-order valence-corrected chi connectivity index (χ0v) is 36.6. The van der Waals surface area contributed by atoms with Crippen LogP contribution in [0.5, 0.6) is 0 Å². The molecular formula is C63H33N3O3. The smallest absolute Gasteiger partial charge is 0.167 e. The van der Waals surface area contributed by atoms with Crippen molar-refractivity contribution in [2.45, 2.75) is 0 Å². The van der Waals surface area contributed by atoms with Crippen molar-refractivity contribution in [1.29, 1.82) is 0 Å². The lowest BCUT2D eigenvalue weighted by molar-refractivity contribution is 0.669. The highest BCUT2D eigenvalue weighted by atomic mass is 16.3. The molecule has 4 aromatic heterocycles. The van der Waals surface area contributed by atoms with Crippen molar-refractivity contribution < 1.29 is 13.3 Å². The van der Waals surface area contributed by atoms with Crippen LogP contribution in [0.4, 0.5) is 0 Å². The summed E-state index contributed by atoms with van der Waals surface area (Å²) in [5.74, 6) is 1.42. The van der Waals surface area contributed by atoms with Crippen molar-refractivity contribution in [2.75, 3.05) is 0 Å². The first-order valence-corrected chi connectivity index (χ1v) is 23.2. The summed E-state index contributed by atoms with van der Waals surface area (Å²) in [7, 11) is 0. The van der Waals surface area contributed by atoms with E-state index in [0.717, 1.165) is 130 Å². The monoisotopic (exact) mass is 879 g/mol. The summed E-state index contributed by atoms with van der Waals surface area (Å²) in [6, 6.07) is 70.2. The molecule has 69 heavy (non-hydrogen) atoms. The number of hydrogen-bond donors (Lipinski definition) is 0. The molecule has 6 nitrogen and oxygen atoms in total. The van der Waals surface area contributed by atoms with Crippen LogP contribution < -0.4 is 0 Å². The van der Waals surface area contributed by atoms with Crippen LogP contribution in [0.25, 0.3) is 165 Å². The molecule has 0 saturated carbocycles. The average Bonchev–Trinajstić information content (AvgIpc) is 4.12. The summed E-state index contributed by atoms with van der Waals surface area (Å²) in [6.45, 7) is 0. The standard InChI is InChI=1S/C63H33N3O3/c1-2-16-37-33-52-46(29-36(37)15-1)53-43-22-10-5-17-38(43)30-47(58(53)69-52)61-64-62(48-31-39-18-6-11-23-44(39)56-54-41-20-8-3-13-34(41)25-27-50(54)67-59(48)56)66-63(65-61)49-32-40-19-7-12-24-45(40)57-55-42-21-9-4-14-35(42)26-28-51(55)68-60(49)57/h1-33H. The third-order valence-electron chi connectivity index (χ3n) is 14.4. The molecule has 0 aliphatic heterocycles. The maximum atomic E-state index is 7.03. The summed E-state index contributed by atoms with van der Waals surface area (Å²) in [4.78, 5) is 16.6. The Hall–Kier alpha value is -9.39. The molecule has 4 heterocycles. The number of fused-ring (bicyclic) bond motifs is 20. The maximum Gasteiger partial charge on any atom is 0.167 e. The van der Waals surface area contributed by atoms with Gasteiger partial charge in [-0.2, -0.15) is 0 Å². The molecule has 16 rings (SSSR count). The molecule has 0 aliphatic carbocycles. The predicted molar refractivity (Wildman–Crippen MR) is 283 cm³/mol. The lowest BCUT2D eigenvalue weighted by Gasteiger charge is -2.12. The van der Waals surface area contributed by atoms with Crippen molar-refractivity contribution in [3.8, 4) is 34.2 Å². The van der Waals surface area contributed by atoms with Crippen molar-refractivity contribution >= 4 is 130 Å². The van der Waals surface area contributed by atoms with Gasteiger partial charge in [-0.05, 0) is 107 Å². The number of rotatable bonds is 3. The van der Waals surface area contributed by atoms with Gasteiger partial charge < -0.3 is 13.3 Å². The molecule has 0 fully saturated rings. The van der Waals surface area contributed by atoms with Crippen molar-refractivity contribution in [3.05, 3.63) is 200 Å². The minimum atomic E-state index is 0.472. The molecule has 16 aromatic rings. The first-order chi connectivity index (χ1) is 34.2. The molecule has 0 bridgehead atoms. The lowest BCUT2D eigenvalue weighted by Crippen LogP contribution is -2.01. The van der Waals surface area contributed by atoms with Gasteiger partial charge in [0.25, 0.3) is 0 Å². The highest BCUT2D eigenvalue weighted by Gasteiger charge is 2.26. The van der Waals surface area contributed by atoms with Crippen LogP contribution in [-0.2, 0) is 0 Å². The van der Waals surface area contributed by atoms with E-state index in [0.29, 0.717) is 34.2 Å². The van der Waals surface area contributed by atoms with Gasteiger partial charge in [-0.15, -0.1) is 0 Å². The third kappa shape index (κ3) is 5.17. The van der Waals surface area contributed by atoms with Gasteiger partial charge in [0, 0.05) is 32.3 Å². The number of hydrogen-bond acceptors (Lipinski definition) is 6. The molecule has 0 atom stereocenters. The van der Waals surface area contributed by atoms with Gasteiger partial charge in [0.1, 0.15) is 33.5 Å². The average molecular weight is 880 g/mol. The van der Waals surface area contributed by atoms with Crippen molar-refractivity contribution in [1.82, 2.24) is 15.0 Å². The summed E-state index contributed by atoms with van der Waals surface area (Å²) in [5.41, 5.74) is 6.80. The normalized spacial score (nSPS) is 12.3. The number of benzene rings is 12. The SMILES string of the molecule is c1ccc2cc3c(cc2c1)oc1c(-c2nc(-c4cc5ccccc5c5c4oc4ccc6ccccc6c45)nc(-c4cc5ccccc5c5c4oc4ccc6ccccc6c45)n2)cc2ccccc2c13. The number of nitrogens with zero attached hydrogens (tertiary/aromatic N) is 3. The summed E-state index contributed by atoms with van der Waals surface area (Å²) in [5, 5.41) is 19.4. The van der Waals surface area contributed by atoms with Crippen LogP contribution in [0.15, 0.2) is 213 Å². The van der Waals surface area contributed by atoms with Gasteiger partial charge >= 0.3 is 0 Å². The highest BCUT2D eigenvalue weighted by Crippen LogP contribution is 2.47. The molecule has 0 spiro atoms. The van der Waals surface area contributed by atoms with E-state index in [1.807, 2.05) is 0 Å². The first-order valence-electron chi connectivity index (χ1n) is 23.2. The topological polar surface area (TPSA) is 78.1 Å². The molecule has 0 N–H and O–H groups in total. The Kier molecular flexibility index (Phi) is 7.25. The summed E-state index contributed by atoms with van der Waals surface area (Å²) in [6.07, 6.45) is 0. The molecule has 0 radical (unpaired) electrons. The Balaban J connectivity index is 1.07. The Morgan fingerprint density at radius 2 is 0.565 bits per heavy atom. The van der Waals surface area contributed by atoms with Gasteiger partial charge in [0.2, 0.25) is 0 Å². The van der Waals surface area contributed by atoms with E-state index in [-0.39, 0.29) is 0 Å². The van der Waals surface area contributed by atoms with Crippen LogP contribution in [-0.4, -0.2) is 15.0 Å². The van der Waals surface area contributed by atoms with E-state index in [1.54, 1.807) is 0 Å². The van der Waals surface area contributed by atoms with Gasteiger partial charge in [-0.25, -0.2) is 15.0 Å². The van der Waals surface area contributed by atoms with Gasteiger partial charge in [-0.1, -0.05) is 158 Å². The van der Waals surface area contributed by atoms with Gasteiger partial charge in [-0.3, -0.25) is 0 Å². The van der Waals surface area contributed by atoms with Crippen molar-refractivity contribution in [2.24, 2.45) is 0 Å². The molecule has 0 amide bonds. The van der Waals surface area contributed by atoms with E-state index in [1.165, 1.54) is 0 Å². The summed E-state index contributed by atoms with van der Waals surface area (Å²) >= 11 is 0. The molecule has 6 heteroatoms. The van der Waals surface area contributed by atoms with E-state index in [9.17, 15) is 0 Å². The second kappa shape index (κ2) is 13.6. The fraction of sp³-hybridized carbons (Fsp3) is 0. The largest absolute Gasteiger partial charge is 0.455 e. The van der Waals surface area contributed by atoms with E-state index in [2.05, 4.69) is 200 Å². The molecule has 0 saturated heterocycles. The zero-order chi connectivity index (χ0) is 44.9. The number of furan rings is 3. The lowest BCUT2D eigenvalue weighted by atomic mass is 9.96. The minimum absolute atomic E-state index is 0.472. The molecule has 318 valence electrons. The van der Waals surface area contributed by atoms with E-state index < -0.39 is 0 Å². The minimum Gasteiger partial charge on any atom is -0.455 e. The Morgan fingerprint density at radius 1 is 0.232 bits per heavy atom. The highest BCUT2D eigenvalue weighted by molar-refractivity contribution is 6.30. The Labute approximate surface area is 391 Å². The number of aromatic nitrogens is 3. The first kappa shape index (κ1) is 36.8. The van der Waals surface area contributed by atoms with Crippen LogP contribution in [0.1, 0.15) is 0 Å². The second-order valence-corrected chi connectivity index (χ2v) is 18.2. The van der Waals surface area contributed by atoms with Crippen molar-refractivity contribution in [3.63, 3.8) is 0 Å². The van der Waals surface area contributed by atoms with Crippen LogP contribution in [0.2, 0.25) is 0 Å². The molecule has 0 aliphatic rings. The predicted octanol–water partition coefficient (Wildman–Crippen LogP) is 17.5. The second-order valence-electron chi connectivity index (χ2n) is 18.2. The third-order valence-corrected chi connectivity index (χ3v) is 14.4. The fourth-order valence-corrected chi connectivity index (χ4v) is 11.3. The Bertz CT molecular complexity index is 4710. The zero-order valence-electron chi connectivity index (χ0n) is 36.6. The fourth-order valence-electron chi connectivity index (χ4n) is 11.3. The van der Waals surface area contributed by atoms with E-state index in [4.69, 9.17) is 28.2 Å².